The van der Waals surface area contributed by atoms with Crippen LogP contribution in [0.5, 0.6) is 0 Å². The van der Waals surface area contributed by atoms with E-state index in [9.17, 15) is 0 Å². The molecule has 19 heavy (non-hydrogen) atoms. The SMILES string of the molecule is N#Cc1ccc(N2CCC[C@H]3CCCC[C@H]32)c(Cl)c1. The number of hydrogen-bond acceptors (Lipinski definition) is 2. The van der Waals surface area contributed by atoms with Crippen LogP contribution < -0.4 is 4.90 Å². The van der Waals surface area contributed by atoms with E-state index in [-0.39, 0.29) is 0 Å². The minimum Gasteiger partial charge on any atom is -0.367 e. The van der Waals surface area contributed by atoms with Gasteiger partial charge >= 0.3 is 0 Å². The maximum Gasteiger partial charge on any atom is 0.0992 e. The largest absolute Gasteiger partial charge is 0.367 e. The molecule has 0 unspecified atom stereocenters. The Hall–Kier alpha value is -1.20. The zero-order valence-electron chi connectivity index (χ0n) is 11.1. The van der Waals surface area contributed by atoms with Gasteiger partial charge in [0.15, 0.2) is 0 Å². The number of anilines is 1. The molecule has 1 aliphatic heterocycles. The molecular formula is C16H19ClN2. The molecule has 1 aromatic rings. The number of nitriles is 1. The van der Waals surface area contributed by atoms with Gasteiger partial charge < -0.3 is 4.90 Å². The molecule has 100 valence electrons. The Morgan fingerprint density at radius 1 is 1.16 bits per heavy atom. The zero-order chi connectivity index (χ0) is 13.2. The average Bonchev–Trinajstić information content (AvgIpc) is 2.46. The summed E-state index contributed by atoms with van der Waals surface area (Å²) in [5, 5.41) is 9.66. The Morgan fingerprint density at radius 3 is 2.74 bits per heavy atom. The first-order valence-electron chi connectivity index (χ1n) is 7.26. The summed E-state index contributed by atoms with van der Waals surface area (Å²) in [7, 11) is 0. The van der Waals surface area contributed by atoms with E-state index in [2.05, 4.69) is 11.0 Å². The standard InChI is InChI=1S/C16H19ClN2/c17-14-10-12(11-18)7-8-16(14)19-9-3-5-13-4-1-2-6-15(13)19/h7-8,10,13,15H,1-6,9H2/t13-,15-/m1/s1. The third-order valence-electron chi connectivity index (χ3n) is 4.63. The molecule has 0 bridgehead atoms. The minimum absolute atomic E-state index is 0.644. The van der Waals surface area contributed by atoms with Gasteiger partial charge in [-0.05, 0) is 49.8 Å². The van der Waals surface area contributed by atoms with Crippen LogP contribution in [-0.4, -0.2) is 12.6 Å². The molecule has 1 heterocycles. The number of halogens is 1. The first-order chi connectivity index (χ1) is 9.29. The summed E-state index contributed by atoms with van der Waals surface area (Å²) < 4.78 is 0. The number of benzene rings is 1. The van der Waals surface area contributed by atoms with Crippen molar-refractivity contribution in [2.45, 2.75) is 44.6 Å². The van der Waals surface area contributed by atoms with Crippen LogP contribution in [0.1, 0.15) is 44.1 Å². The van der Waals surface area contributed by atoms with Gasteiger partial charge in [0.1, 0.15) is 0 Å². The third-order valence-corrected chi connectivity index (χ3v) is 4.93. The fraction of sp³-hybridized carbons (Fsp3) is 0.562. The molecule has 0 spiro atoms. The molecule has 1 saturated heterocycles. The Labute approximate surface area is 120 Å². The summed E-state index contributed by atoms with van der Waals surface area (Å²) in [6.07, 6.45) is 8.02. The summed E-state index contributed by atoms with van der Waals surface area (Å²) in [4.78, 5) is 2.50. The van der Waals surface area contributed by atoms with Crippen LogP contribution in [0.2, 0.25) is 5.02 Å². The number of piperidine rings is 1. The average molecular weight is 275 g/mol. The van der Waals surface area contributed by atoms with E-state index in [4.69, 9.17) is 16.9 Å². The highest BCUT2D eigenvalue weighted by Gasteiger charge is 2.33. The Balaban J connectivity index is 1.90. The second-order valence-electron chi connectivity index (χ2n) is 5.73. The lowest BCUT2D eigenvalue weighted by Crippen LogP contribution is -2.47. The molecule has 0 amide bonds. The highest BCUT2D eigenvalue weighted by Crippen LogP contribution is 2.40. The third kappa shape index (κ3) is 2.44. The molecule has 1 aliphatic carbocycles. The lowest BCUT2D eigenvalue weighted by molar-refractivity contribution is 0.244. The minimum atomic E-state index is 0.644. The predicted molar refractivity (Wildman–Crippen MR) is 78.5 cm³/mol. The maximum atomic E-state index is 8.93. The Morgan fingerprint density at radius 2 is 1.95 bits per heavy atom. The number of nitrogens with zero attached hydrogens (tertiary/aromatic N) is 2. The summed E-state index contributed by atoms with van der Waals surface area (Å²) in [5.41, 5.74) is 1.77. The molecule has 0 N–H and O–H groups in total. The lowest BCUT2D eigenvalue weighted by atomic mass is 9.78. The molecular weight excluding hydrogens is 256 g/mol. The van der Waals surface area contributed by atoms with Crippen LogP contribution in [0.4, 0.5) is 5.69 Å². The highest BCUT2D eigenvalue weighted by atomic mass is 35.5. The monoisotopic (exact) mass is 274 g/mol. The van der Waals surface area contributed by atoms with Crippen molar-refractivity contribution in [3.05, 3.63) is 28.8 Å². The van der Waals surface area contributed by atoms with Gasteiger partial charge in [0.25, 0.3) is 0 Å². The first kappa shape index (κ1) is 12.8. The van der Waals surface area contributed by atoms with Gasteiger partial charge in [0.2, 0.25) is 0 Å². The van der Waals surface area contributed by atoms with Crippen molar-refractivity contribution < 1.29 is 0 Å². The van der Waals surface area contributed by atoms with Crippen LogP contribution in [0, 0.1) is 17.2 Å². The summed E-state index contributed by atoms with van der Waals surface area (Å²) in [6, 6.07) is 8.51. The van der Waals surface area contributed by atoms with Crippen molar-refractivity contribution in [1.29, 1.82) is 5.26 Å². The van der Waals surface area contributed by atoms with Crippen LogP contribution in [-0.2, 0) is 0 Å². The van der Waals surface area contributed by atoms with Gasteiger partial charge in [-0.15, -0.1) is 0 Å². The number of fused-ring (bicyclic) bond motifs is 1. The lowest BCUT2D eigenvalue weighted by Gasteiger charge is -2.45. The topological polar surface area (TPSA) is 27.0 Å². The number of hydrogen-bond donors (Lipinski definition) is 0. The van der Waals surface area contributed by atoms with Crippen LogP contribution in [0.3, 0.4) is 0 Å². The molecule has 1 saturated carbocycles. The Kier molecular flexibility index (Phi) is 3.66. The molecule has 2 atom stereocenters. The van der Waals surface area contributed by atoms with Crippen molar-refractivity contribution in [3.8, 4) is 6.07 Å². The van der Waals surface area contributed by atoms with Crippen molar-refractivity contribution in [2.24, 2.45) is 5.92 Å². The fourth-order valence-corrected chi connectivity index (χ4v) is 4.02. The molecule has 2 aliphatic rings. The molecule has 3 rings (SSSR count). The van der Waals surface area contributed by atoms with Gasteiger partial charge in [-0.1, -0.05) is 24.4 Å². The van der Waals surface area contributed by atoms with E-state index in [0.29, 0.717) is 11.6 Å². The molecule has 0 radical (unpaired) electrons. The van der Waals surface area contributed by atoms with E-state index in [0.717, 1.165) is 23.2 Å². The highest BCUT2D eigenvalue weighted by molar-refractivity contribution is 6.33. The van der Waals surface area contributed by atoms with E-state index < -0.39 is 0 Å². The summed E-state index contributed by atoms with van der Waals surface area (Å²) >= 11 is 6.38. The van der Waals surface area contributed by atoms with Crippen LogP contribution >= 0.6 is 11.6 Å². The zero-order valence-corrected chi connectivity index (χ0v) is 11.9. The van der Waals surface area contributed by atoms with Crippen molar-refractivity contribution >= 4 is 17.3 Å². The second kappa shape index (κ2) is 5.43. The number of rotatable bonds is 1. The smallest absolute Gasteiger partial charge is 0.0992 e. The van der Waals surface area contributed by atoms with Crippen molar-refractivity contribution in [2.75, 3.05) is 11.4 Å². The summed E-state index contributed by atoms with van der Waals surface area (Å²) in [6.45, 7) is 1.10. The predicted octanol–water partition coefficient (Wildman–Crippen LogP) is 4.37. The van der Waals surface area contributed by atoms with Gasteiger partial charge in [-0.3, -0.25) is 0 Å². The van der Waals surface area contributed by atoms with Gasteiger partial charge in [0, 0.05) is 12.6 Å². The van der Waals surface area contributed by atoms with Gasteiger partial charge in [-0.25, -0.2) is 0 Å². The van der Waals surface area contributed by atoms with Crippen LogP contribution in [0.15, 0.2) is 18.2 Å². The molecule has 1 aromatic carbocycles. The first-order valence-corrected chi connectivity index (χ1v) is 7.63. The molecule has 3 heteroatoms. The normalized spacial score (nSPS) is 26.6. The van der Waals surface area contributed by atoms with Crippen molar-refractivity contribution in [1.82, 2.24) is 0 Å². The van der Waals surface area contributed by atoms with E-state index in [1.165, 1.54) is 38.5 Å². The molecule has 2 fully saturated rings. The van der Waals surface area contributed by atoms with Gasteiger partial charge in [0.05, 0.1) is 22.3 Å². The van der Waals surface area contributed by atoms with E-state index in [1.807, 2.05) is 12.1 Å². The molecule has 0 aromatic heterocycles. The van der Waals surface area contributed by atoms with Crippen molar-refractivity contribution in [3.63, 3.8) is 0 Å². The fourth-order valence-electron chi connectivity index (χ4n) is 3.73. The van der Waals surface area contributed by atoms with E-state index >= 15 is 0 Å². The Bertz CT molecular complexity index is 504. The quantitative estimate of drug-likeness (QED) is 0.760. The van der Waals surface area contributed by atoms with E-state index in [1.54, 1.807) is 6.07 Å². The second-order valence-corrected chi connectivity index (χ2v) is 6.13. The van der Waals surface area contributed by atoms with Gasteiger partial charge in [-0.2, -0.15) is 5.26 Å². The maximum absolute atomic E-state index is 8.93. The summed E-state index contributed by atoms with van der Waals surface area (Å²) in [5.74, 6) is 0.842. The molecule has 2 nitrogen and oxygen atoms in total. The van der Waals surface area contributed by atoms with Crippen LogP contribution in [0.25, 0.3) is 0 Å².